The fraction of sp³-hybridized carbons (Fsp3) is 0.345. The highest BCUT2D eigenvalue weighted by Crippen LogP contribution is 2.40. The number of hydrogen-bond donors (Lipinski definition) is 1. The minimum absolute atomic E-state index is 0.0665. The molecule has 1 heterocycles. The van der Waals surface area contributed by atoms with E-state index < -0.39 is 0 Å². The van der Waals surface area contributed by atoms with E-state index in [1.807, 2.05) is 17.0 Å². The fourth-order valence-electron chi connectivity index (χ4n) is 4.53. The summed E-state index contributed by atoms with van der Waals surface area (Å²) in [7, 11) is 0. The predicted molar refractivity (Wildman–Crippen MR) is 135 cm³/mol. The molecule has 3 aromatic carbocycles. The summed E-state index contributed by atoms with van der Waals surface area (Å²) >= 11 is 0. The average molecular weight is 427 g/mol. The number of nitrogens with zero attached hydrogens (tertiary/aromatic N) is 1. The van der Waals surface area contributed by atoms with Gasteiger partial charge in [0.1, 0.15) is 0 Å². The van der Waals surface area contributed by atoms with E-state index in [1.165, 1.54) is 22.3 Å². The Labute approximate surface area is 192 Å². The Morgan fingerprint density at radius 3 is 2.16 bits per heavy atom. The Bertz CT molecular complexity index is 1110. The fourth-order valence-corrected chi connectivity index (χ4v) is 4.53. The third-order valence-corrected chi connectivity index (χ3v) is 6.44. The number of fused-ring (bicyclic) bond motifs is 1. The Balaban J connectivity index is 1.67. The van der Waals surface area contributed by atoms with Crippen molar-refractivity contribution in [3.05, 3.63) is 94.5 Å². The zero-order chi connectivity index (χ0) is 23.0. The molecule has 3 heteroatoms. The maximum absolute atomic E-state index is 13.6. The van der Waals surface area contributed by atoms with Gasteiger partial charge in [-0.2, -0.15) is 0 Å². The zero-order valence-corrected chi connectivity index (χ0v) is 20.1. The molecule has 0 aromatic heterocycles. The van der Waals surface area contributed by atoms with Gasteiger partial charge in [-0.1, -0.05) is 68.3 Å². The van der Waals surface area contributed by atoms with Crippen molar-refractivity contribution in [3.63, 3.8) is 0 Å². The highest BCUT2D eigenvalue weighted by molar-refractivity contribution is 6.07. The van der Waals surface area contributed by atoms with Crippen LogP contribution in [0, 0.1) is 13.8 Å². The molecular formula is C29H34N2O. The Morgan fingerprint density at radius 1 is 0.906 bits per heavy atom. The van der Waals surface area contributed by atoms with Gasteiger partial charge in [-0.15, -0.1) is 0 Å². The summed E-state index contributed by atoms with van der Waals surface area (Å²) < 4.78 is 0. The molecule has 0 spiro atoms. The number of hydrogen-bond acceptors (Lipinski definition) is 2. The molecule has 0 aliphatic carbocycles. The summed E-state index contributed by atoms with van der Waals surface area (Å²) in [6.45, 7) is 12.9. The highest BCUT2D eigenvalue weighted by Gasteiger charge is 2.34. The molecule has 3 aromatic rings. The minimum atomic E-state index is 0.0665. The molecule has 166 valence electrons. The van der Waals surface area contributed by atoms with Crippen LogP contribution >= 0.6 is 0 Å². The third-order valence-electron chi connectivity index (χ3n) is 6.44. The van der Waals surface area contributed by atoms with Crippen molar-refractivity contribution < 1.29 is 4.79 Å². The van der Waals surface area contributed by atoms with Crippen LogP contribution in [0.4, 0.5) is 11.4 Å². The maximum atomic E-state index is 13.6. The number of anilines is 2. The summed E-state index contributed by atoms with van der Waals surface area (Å²) in [5.41, 5.74) is 7.79. The van der Waals surface area contributed by atoms with E-state index in [1.54, 1.807) is 0 Å². The van der Waals surface area contributed by atoms with Crippen LogP contribution in [0.5, 0.6) is 0 Å². The Kier molecular flexibility index (Phi) is 5.85. The lowest BCUT2D eigenvalue weighted by atomic mass is 9.86. The van der Waals surface area contributed by atoms with Crippen molar-refractivity contribution >= 4 is 17.3 Å². The number of benzene rings is 3. The molecule has 3 nitrogen and oxygen atoms in total. The van der Waals surface area contributed by atoms with Crippen LogP contribution in [0.3, 0.4) is 0 Å². The van der Waals surface area contributed by atoms with E-state index in [0.29, 0.717) is 0 Å². The van der Waals surface area contributed by atoms with Crippen molar-refractivity contribution in [1.82, 2.24) is 0 Å². The van der Waals surface area contributed by atoms with Gasteiger partial charge in [-0.3, -0.25) is 4.79 Å². The van der Waals surface area contributed by atoms with Gasteiger partial charge in [-0.25, -0.2) is 0 Å². The number of carbonyl (C=O) groups excluding carboxylic acids is 1. The first kappa shape index (κ1) is 22.1. The number of rotatable bonds is 3. The topological polar surface area (TPSA) is 32.3 Å². The summed E-state index contributed by atoms with van der Waals surface area (Å²) in [5.74, 6) is 0.0665. The molecule has 1 aliphatic heterocycles. The first-order chi connectivity index (χ1) is 15.1. The van der Waals surface area contributed by atoms with Gasteiger partial charge >= 0.3 is 0 Å². The van der Waals surface area contributed by atoms with Gasteiger partial charge in [0.25, 0.3) is 5.91 Å². The molecule has 0 bridgehead atoms. The number of amides is 1. The van der Waals surface area contributed by atoms with E-state index in [4.69, 9.17) is 0 Å². The van der Waals surface area contributed by atoms with Gasteiger partial charge in [0, 0.05) is 23.0 Å². The molecular weight excluding hydrogens is 392 g/mol. The molecule has 1 N–H and O–H groups in total. The summed E-state index contributed by atoms with van der Waals surface area (Å²) in [6.07, 6.45) is 0.857. The zero-order valence-electron chi connectivity index (χ0n) is 20.1. The third kappa shape index (κ3) is 4.43. The Hall–Kier alpha value is -3.07. The molecule has 0 radical (unpaired) electrons. The van der Waals surface area contributed by atoms with Crippen LogP contribution in [0.25, 0.3) is 0 Å². The molecule has 1 aliphatic rings. The van der Waals surface area contributed by atoms with Crippen molar-refractivity contribution in [2.24, 2.45) is 0 Å². The lowest BCUT2D eigenvalue weighted by molar-refractivity contribution is 0.0974. The van der Waals surface area contributed by atoms with Crippen molar-refractivity contribution in [1.29, 1.82) is 0 Å². The van der Waals surface area contributed by atoms with Crippen LogP contribution in [-0.2, 0) is 5.41 Å². The van der Waals surface area contributed by atoms with Crippen molar-refractivity contribution in [2.75, 3.05) is 10.2 Å². The van der Waals surface area contributed by atoms with Gasteiger partial charge in [-0.05, 0) is 74.1 Å². The summed E-state index contributed by atoms with van der Waals surface area (Å²) in [4.78, 5) is 15.6. The van der Waals surface area contributed by atoms with E-state index >= 15 is 0 Å². The van der Waals surface area contributed by atoms with Crippen LogP contribution in [0.1, 0.15) is 72.8 Å². The van der Waals surface area contributed by atoms with Gasteiger partial charge in [0.15, 0.2) is 0 Å². The van der Waals surface area contributed by atoms with Crippen LogP contribution in [0.2, 0.25) is 0 Å². The standard InChI is InChI=1S/C29H34N2O/c1-19-7-14-24(15-8-19)30-26-18-21(3)31(27-16-9-20(2)17-25(26)27)28(32)22-10-12-23(13-11-22)29(4,5)6/h7-17,21,26,30H,18H2,1-6H3. The lowest BCUT2D eigenvalue weighted by Crippen LogP contribution is -2.44. The van der Waals surface area contributed by atoms with Crippen LogP contribution in [0.15, 0.2) is 66.7 Å². The minimum Gasteiger partial charge on any atom is -0.378 e. The summed E-state index contributed by atoms with van der Waals surface area (Å²) in [6, 6.07) is 23.3. The second-order valence-corrected chi connectivity index (χ2v) is 10.2. The second kappa shape index (κ2) is 8.46. The number of aryl methyl sites for hydroxylation is 2. The Morgan fingerprint density at radius 2 is 1.53 bits per heavy atom. The molecule has 4 rings (SSSR count). The second-order valence-electron chi connectivity index (χ2n) is 10.2. The number of carbonyl (C=O) groups is 1. The van der Waals surface area contributed by atoms with Crippen LogP contribution < -0.4 is 10.2 Å². The van der Waals surface area contributed by atoms with Gasteiger partial charge in [0.05, 0.1) is 6.04 Å². The predicted octanol–water partition coefficient (Wildman–Crippen LogP) is 7.19. The average Bonchev–Trinajstić information content (AvgIpc) is 2.75. The van der Waals surface area contributed by atoms with E-state index in [-0.39, 0.29) is 23.4 Å². The maximum Gasteiger partial charge on any atom is 0.258 e. The van der Waals surface area contributed by atoms with Crippen molar-refractivity contribution in [2.45, 2.75) is 65.5 Å². The molecule has 0 fully saturated rings. The first-order valence-electron chi connectivity index (χ1n) is 11.5. The SMILES string of the molecule is Cc1ccc(NC2CC(C)N(C(=O)c3ccc(C(C)(C)C)cc3)c3ccc(C)cc32)cc1. The molecule has 2 unspecified atom stereocenters. The quantitative estimate of drug-likeness (QED) is 0.480. The van der Waals surface area contributed by atoms with E-state index in [2.05, 4.69) is 101 Å². The summed E-state index contributed by atoms with van der Waals surface area (Å²) in [5, 5.41) is 3.71. The first-order valence-corrected chi connectivity index (χ1v) is 11.5. The smallest absolute Gasteiger partial charge is 0.258 e. The lowest BCUT2D eigenvalue weighted by Gasteiger charge is -2.40. The van der Waals surface area contributed by atoms with Gasteiger partial charge in [0.2, 0.25) is 0 Å². The normalized spacial score (nSPS) is 18.2. The van der Waals surface area contributed by atoms with Gasteiger partial charge < -0.3 is 10.2 Å². The number of nitrogens with one attached hydrogen (secondary N) is 1. The molecule has 0 saturated heterocycles. The van der Waals surface area contributed by atoms with E-state index in [9.17, 15) is 4.79 Å². The van der Waals surface area contributed by atoms with Crippen molar-refractivity contribution in [3.8, 4) is 0 Å². The largest absolute Gasteiger partial charge is 0.378 e. The molecule has 32 heavy (non-hydrogen) atoms. The monoisotopic (exact) mass is 426 g/mol. The molecule has 2 atom stereocenters. The van der Waals surface area contributed by atoms with Crippen LogP contribution in [-0.4, -0.2) is 11.9 Å². The highest BCUT2D eigenvalue weighted by atomic mass is 16.2. The molecule has 1 amide bonds. The molecule has 0 saturated carbocycles. The van der Waals surface area contributed by atoms with E-state index in [0.717, 1.165) is 23.4 Å².